The van der Waals surface area contributed by atoms with E-state index in [9.17, 15) is 0 Å². The standard InChI is InChI=1S/C7H13N3O2/c1-3-6-9-7(10-12-6)5(8)4-11-2/h5H,3-4,8H2,1-2H3. The number of hydrogen-bond donors (Lipinski definition) is 1. The van der Waals surface area contributed by atoms with Crippen molar-refractivity contribution in [3.63, 3.8) is 0 Å². The van der Waals surface area contributed by atoms with Gasteiger partial charge in [-0.1, -0.05) is 12.1 Å². The van der Waals surface area contributed by atoms with Gasteiger partial charge < -0.3 is 15.0 Å². The number of rotatable bonds is 4. The Balaban J connectivity index is 2.61. The van der Waals surface area contributed by atoms with Crippen LogP contribution in [0.2, 0.25) is 0 Å². The highest BCUT2D eigenvalue weighted by molar-refractivity contribution is 4.92. The molecule has 68 valence electrons. The Bertz CT molecular complexity index is 236. The van der Waals surface area contributed by atoms with E-state index in [0.29, 0.717) is 18.3 Å². The summed E-state index contributed by atoms with van der Waals surface area (Å²) in [4.78, 5) is 4.06. The third kappa shape index (κ3) is 2.02. The Morgan fingerprint density at radius 2 is 2.42 bits per heavy atom. The smallest absolute Gasteiger partial charge is 0.226 e. The second-order valence-electron chi connectivity index (χ2n) is 2.46. The van der Waals surface area contributed by atoms with Crippen molar-refractivity contribution in [3.8, 4) is 0 Å². The molecule has 1 heterocycles. The topological polar surface area (TPSA) is 74.2 Å². The average Bonchev–Trinajstić information content (AvgIpc) is 2.52. The van der Waals surface area contributed by atoms with E-state index in [1.54, 1.807) is 7.11 Å². The van der Waals surface area contributed by atoms with Gasteiger partial charge >= 0.3 is 0 Å². The minimum Gasteiger partial charge on any atom is -0.383 e. The van der Waals surface area contributed by atoms with Gasteiger partial charge in [0.25, 0.3) is 0 Å². The Morgan fingerprint density at radius 3 is 2.92 bits per heavy atom. The van der Waals surface area contributed by atoms with Gasteiger partial charge in [0.1, 0.15) is 0 Å². The summed E-state index contributed by atoms with van der Waals surface area (Å²) in [6, 6.07) is -0.293. The Morgan fingerprint density at radius 1 is 1.67 bits per heavy atom. The van der Waals surface area contributed by atoms with E-state index >= 15 is 0 Å². The predicted octanol–water partition coefficient (Wildman–Crippen LogP) is 0.278. The van der Waals surface area contributed by atoms with Crippen molar-refractivity contribution >= 4 is 0 Å². The molecule has 12 heavy (non-hydrogen) atoms. The number of hydrogen-bond acceptors (Lipinski definition) is 5. The fraction of sp³-hybridized carbons (Fsp3) is 0.714. The Hall–Kier alpha value is -0.940. The summed E-state index contributed by atoms with van der Waals surface area (Å²) >= 11 is 0. The van der Waals surface area contributed by atoms with E-state index in [2.05, 4.69) is 10.1 Å². The number of aryl methyl sites for hydroxylation is 1. The quantitative estimate of drug-likeness (QED) is 0.704. The van der Waals surface area contributed by atoms with Crippen LogP contribution in [0.3, 0.4) is 0 Å². The molecule has 0 aliphatic carbocycles. The summed E-state index contributed by atoms with van der Waals surface area (Å²) in [7, 11) is 1.58. The fourth-order valence-corrected chi connectivity index (χ4v) is 0.816. The number of methoxy groups -OCH3 is 1. The zero-order valence-corrected chi connectivity index (χ0v) is 7.28. The molecule has 1 unspecified atom stereocenters. The van der Waals surface area contributed by atoms with Gasteiger partial charge in [-0.25, -0.2) is 0 Å². The van der Waals surface area contributed by atoms with Crippen molar-refractivity contribution in [1.82, 2.24) is 10.1 Å². The molecule has 0 aliphatic rings. The van der Waals surface area contributed by atoms with E-state index in [0.717, 1.165) is 6.42 Å². The molecule has 0 fully saturated rings. The van der Waals surface area contributed by atoms with Crippen LogP contribution in [0.1, 0.15) is 24.7 Å². The van der Waals surface area contributed by atoms with Gasteiger partial charge in [-0.15, -0.1) is 0 Å². The largest absolute Gasteiger partial charge is 0.383 e. The van der Waals surface area contributed by atoms with E-state index in [4.69, 9.17) is 15.0 Å². The van der Waals surface area contributed by atoms with Crippen LogP contribution in [0.4, 0.5) is 0 Å². The molecule has 0 saturated heterocycles. The molecule has 2 N–H and O–H groups in total. The second-order valence-corrected chi connectivity index (χ2v) is 2.46. The molecule has 0 bridgehead atoms. The van der Waals surface area contributed by atoms with Crippen molar-refractivity contribution in [1.29, 1.82) is 0 Å². The lowest BCUT2D eigenvalue weighted by Crippen LogP contribution is -2.17. The summed E-state index contributed by atoms with van der Waals surface area (Å²) in [6.45, 7) is 2.35. The first kappa shape index (κ1) is 9.15. The van der Waals surface area contributed by atoms with Gasteiger partial charge in [0.05, 0.1) is 12.6 Å². The van der Waals surface area contributed by atoms with Crippen LogP contribution in [0, 0.1) is 0 Å². The van der Waals surface area contributed by atoms with Crippen molar-refractivity contribution < 1.29 is 9.26 Å². The maximum atomic E-state index is 5.66. The minimum absolute atomic E-state index is 0.293. The van der Waals surface area contributed by atoms with Gasteiger partial charge in [-0.2, -0.15) is 4.98 Å². The van der Waals surface area contributed by atoms with E-state index in [1.807, 2.05) is 6.92 Å². The maximum absolute atomic E-state index is 5.66. The van der Waals surface area contributed by atoms with Crippen LogP contribution < -0.4 is 5.73 Å². The van der Waals surface area contributed by atoms with Crippen LogP contribution in [0.25, 0.3) is 0 Å². The molecule has 0 saturated carbocycles. The van der Waals surface area contributed by atoms with Crippen molar-refractivity contribution in [2.24, 2.45) is 5.73 Å². The van der Waals surface area contributed by atoms with Gasteiger partial charge in [0.2, 0.25) is 5.89 Å². The van der Waals surface area contributed by atoms with Crippen molar-refractivity contribution in [3.05, 3.63) is 11.7 Å². The van der Waals surface area contributed by atoms with Gasteiger partial charge in [0.15, 0.2) is 5.82 Å². The molecular formula is C7H13N3O2. The zero-order chi connectivity index (χ0) is 8.97. The number of nitrogens with zero attached hydrogens (tertiary/aromatic N) is 2. The molecule has 0 radical (unpaired) electrons. The van der Waals surface area contributed by atoms with Crippen LogP contribution in [0.15, 0.2) is 4.52 Å². The summed E-state index contributed by atoms with van der Waals surface area (Å²) < 4.78 is 9.74. The van der Waals surface area contributed by atoms with E-state index in [-0.39, 0.29) is 6.04 Å². The SMILES string of the molecule is CCc1nc(C(N)COC)no1. The monoisotopic (exact) mass is 171 g/mol. The lowest BCUT2D eigenvalue weighted by atomic mass is 10.3. The van der Waals surface area contributed by atoms with Crippen LogP contribution >= 0.6 is 0 Å². The third-order valence-electron chi connectivity index (χ3n) is 1.46. The molecule has 5 nitrogen and oxygen atoms in total. The summed E-state index contributed by atoms with van der Waals surface area (Å²) in [5, 5.41) is 3.71. The van der Waals surface area contributed by atoms with Crippen LogP contribution in [-0.2, 0) is 11.2 Å². The highest BCUT2D eigenvalue weighted by Gasteiger charge is 2.12. The second kappa shape index (κ2) is 4.18. The molecule has 0 amide bonds. The number of nitrogens with two attached hydrogens (primary N) is 1. The predicted molar refractivity (Wildman–Crippen MR) is 42.5 cm³/mol. The Kier molecular flexibility index (Phi) is 3.19. The molecular weight excluding hydrogens is 158 g/mol. The molecule has 1 aromatic heterocycles. The molecule has 0 aromatic carbocycles. The molecule has 0 spiro atoms. The molecule has 0 aliphatic heterocycles. The van der Waals surface area contributed by atoms with Crippen molar-refractivity contribution in [2.45, 2.75) is 19.4 Å². The first-order chi connectivity index (χ1) is 5.77. The normalized spacial score (nSPS) is 13.2. The number of ether oxygens (including phenoxy) is 1. The third-order valence-corrected chi connectivity index (χ3v) is 1.46. The first-order valence-electron chi connectivity index (χ1n) is 3.85. The molecule has 5 heteroatoms. The van der Waals surface area contributed by atoms with Crippen LogP contribution in [-0.4, -0.2) is 23.9 Å². The zero-order valence-electron chi connectivity index (χ0n) is 7.28. The first-order valence-corrected chi connectivity index (χ1v) is 3.85. The van der Waals surface area contributed by atoms with Crippen LogP contribution in [0.5, 0.6) is 0 Å². The van der Waals surface area contributed by atoms with Gasteiger partial charge in [-0.3, -0.25) is 0 Å². The summed E-state index contributed by atoms with van der Waals surface area (Å²) in [5.74, 6) is 1.12. The highest BCUT2D eigenvalue weighted by atomic mass is 16.5. The lowest BCUT2D eigenvalue weighted by molar-refractivity contribution is 0.177. The molecule has 1 aromatic rings. The highest BCUT2D eigenvalue weighted by Crippen LogP contribution is 2.06. The maximum Gasteiger partial charge on any atom is 0.226 e. The summed E-state index contributed by atoms with van der Waals surface area (Å²) in [6.07, 6.45) is 0.729. The van der Waals surface area contributed by atoms with E-state index < -0.39 is 0 Å². The van der Waals surface area contributed by atoms with E-state index in [1.165, 1.54) is 0 Å². The Labute approximate surface area is 70.9 Å². The number of aromatic nitrogens is 2. The fourth-order valence-electron chi connectivity index (χ4n) is 0.816. The summed E-state index contributed by atoms with van der Waals surface area (Å²) in [5.41, 5.74) is 5.66. The molecule has 1 rings (SSSR count). The lowest BCUT2D eigenvalue weighted by Gasteiger charge is -2.02. The van der Waals surface area contributed by atoms with Gasteiger partial charge in [0, 0.05) is 13.5 Å². The molecule has 1 atom stereocenters. The minimum atomic E-state index is -0.293. The van der Waals surface area contributed by atoms with Crippen molar-refractivity contribution in [2.75, 3.05) is 13.7 Å². The average molecular weight is 171 g/mol. The van der Waals surface area contributed by atoms with Gasteiger partial charge in [-0.05, 0) is 0 Å².